The van der Waals surface area contributed by atoms with Gasteiger partial charge in [0.1, 0.15) is 34.0 Å². The van der Waals surface area contributed by atoms with Gasteiger partial charge in [-0.25, -0.2) is 13.8 Å². The van der Waals surface area contributed by atoms with Crippen molar-refractivity contribution < 1.29 is 14.9 Å². The third-order valence-corrected chi connectivity index (χ3v) is 4.27. The van der Waals surface area contributed by atoms with Gasteiger partial charge in [-0.3, -0.25) is 14.3 Å². The molecule has 0 amide bonds. The number of aryl methyl sites for hydroxylation is 2. The van der Waals surface area contributed by atoms with Crippen molar-refractivity contribution in [2.75, 3.05) is 0 Å². The summed E-state index contributed by atoms with van der Waals surface area (Å²) < 4.78 is 41.4. The predicted octanol–water partition coefficient (Wildman–Crippen LogP) is 4.41. The first-order valence-corrected chi connectivity index (χ1v) is 8.39. The van der Waals surface area contributed by atoms with Crippen LogP contribution in [-0.2, 0) is 6.58 Å². The maximum Gasteiger partial charge on any atom is 0.277 e. The van der Waals surface area contributed by atoms with Crippen LogP contribution in [0.2, 0.25) is 10.2 Å². The van der Waals surface area contributed by atoms with Crippen LogP contribution in [0.3, 0.4) is 0 Å². The normalized spacial score (nSPS) is 12.6. The molecule has 0 radical (unpaired) electrons. The van der Waals surface area contributed by atoms with Crippen LogP contribution in [0.4, 0.5) is 8.78 Å². The van der Waals surface area contributed by atoms with Gasteiger partial charge in [0.25, 0.3) is 5.56 Å². The van der Waals surface area contributed by atoms with Crippen molar-refractivity contribution in [1.82, 2.24) is 14.5 Å². The van der Waals surface area contributed by atoms with Crippen molar-refractivity contribution in [3.63, 3.8) is 0 Å². The molecule has 140 valence electrons. The van der Waals surface area contributed by atoms with E-state index in [1.807, 2.05) is 0 Å². The Morgan fingerprint density at radius 3 is 2.63 bits per heavy atom. The molecular formula is C18H13Cl2F2N3O2. The topological polar surface area (TPSA) is 57.0 Å². The molecule has 3 aromatic rings. The first-order chi connectivity index (χ1) is 13.2. The highest BCUT2D eigenvalue weighted by Gasteiger charge is 2.16. The molecule has 3 aromatic heterocycles. The Hall–Kier alpha value is -2.51. The van der Waals surface area contributed by atoms with Crippen molar-refractivity contribution in [2.24, 2.45) is 0 Å². The number of hydrogen-bond donors (Lipinski definition) is 0. The molecule has 0 N–H and O–H groups in total. The van der Waals surface area contributed by atoms with Crippen LogP contribution >= 0.6 is 23.2 Å². The van der Waals surface area contributed by atoms with Gasteiger partial charge in [-0.2, -0.15) is 0 Å². The molecule has 3 rings (SSSR count). The van der Waals surface area contributed by atoms with Crippen molar-refractivity contribution in [2.45, 2.75) is 20.4 Å². The fourth-order valence-corrected chi connectivity index (χ4v) is 2.76. The van der Waals surface area contributed by atoms with Gasteiger partial charge < -0.3 is 4.74 Å². The molecule has 27 heavy (non-hydrogen) atoms. The minimum absolute atomic E-state index is 0.122. The van der Waals surface area contributed by atoms with E-state index in [0.717, 1.165) is 6.20 Å². The zero-order valence-corrected chi connectivity index (χ0v) is 15.6. The summed E-state index contributed by atoms with van der Waals surface area (Å²) in [5, 5.41) is -0.106. The lowest BCUT2D eigenvalue weighted by atomic mass is 10.2. The van der Waals surface area contributed by atoms with E-state index in [9.17, 15) is 13.6 Å². The zero-order valence-electron chi connectivity index (χ0n) is 15.1. The predicted molar refractivity (Wildman–Crippen MR) is 97.8 cm³/mol. The van der Waals surface area contributed by atoms with Gasteiger partial charge in [0.2, 0.25) is 0 Å². The van der Waals surface area contributed by atoms with Crippen molar-refractivity contribution in [3.8, 4) is 11.4 Å². The van der Waals surface area contributed by atoms with Crippen LogP contribution in [0.1, 0.15) is 18.3 Å². The maximum atomic E-state index is 13.8. The van der Waals surface area contributed by atoms with Gasteiger partial charge in [-0.15, -0.1) is 0 Å². The van der Waals surface area contributed by atoms with E-state index in [2.05, 4.69) is 9.97 Å². The summed E-state index contributed by atoms with van der Waals surface area (Å²) in [4.78, 5) is 20.3. The number of ether oxygens (including phenoxy) is 1. The Kier molecular flexibility index (Phi) is 5.05. The summed E-state index contributed by atoms with van der Waals surface area (Å²) in [6.45, 7) is 1.74. The summed E-state index contributed by atoms with van der Waals surface area (Å²) in [5.74, 6) is -2.04. The second kappa shape index (κ2) is 7.62. The minimum Gasteiger partial charge on any atom is -0.485 e. The van der Waals surface area contributed by atoms with E-state index in [0.29, 0.717) is 23.0 Å². The van der Waals surface area contributed by atoms with Gasteiger partial charge in [0.15, 0.2) is 5.82 Å². The van der Waals surface area contributed by atoms with E-state index in [1.54, 1.807) is 13.8 Å². The second-order valence-corrected chi connectivity index (χ2v) is 6.42. The number of rotatable bonds is 4. The molecule has 5 nitrogen and oxygen atoms in total. The lowest BCUT2D eigenvalue weighted by Crippen LogP contribution is -2.22. The molecular weight excluding hydrogens is 399 g/mol. The monoisotopic (exact) mass is 412 g/mol. The number of pyridine rings is 3. The maximum absolute atomic E-state index is 13.8. The van der Waals surface area contributed by atoms with Gasteiger partial charge >= 0.3 is 0 Å². The highest BCUT2D eigenvalue weighted by molar-refractivity contribution is 6.32. The quantitative estimate of drug-likeness (QED) is 0.595. The van der Waals surface area contributed by atoms with Gasteiger partial charge in [-0.05, 0) is 25.5 Å². The fourth-order valence-electron chi connectivity index (χ4n) is 2.43. The highest BCUT2D eigenvalue weighted by atomic mass is 35.5. The Balaban J connectivity index is 2.03. The van der Waals surface area contributed by atoms with Crippen LogP contribution in [0.15, 0.2) is 35.4 Å². The molecule has 0 spiro atoms. The van der Waals surface area contributed by atoms with Gasteiger partial charge in [-0.1, -0.05) is 23.2 Å². The zero-order chi connectivity index (χ0) is 20.6. The van der Waals surface area contributed by atoms with E-state index < -0.39 is 29.5 Å². The molecule has 9 heteroatoms. The second-order valence-electron chi connectivity index (χ2n) is 5.65. The summed E-state index contributed by atoms with van der Waals surface area (Å²) in [7, 11) is 0. The average molecular weight is 413 g/mol. The fraction of sp³-hybridized carbons (Fsp3) is 0.167. The first kappa shape index (κ1) is 17.9. The molecule has 0 saturated heterocycles. The number of aromatic nitrogens is 3. The van der Waals surface area contributed by atoms with Crippen molar-refractivity contribution in [3.05, 3.63) is 79.7 Å². The van der Waals surface area contributed by atoms with Crippen LogP contribution in [-0.4, -0.2) is 14.5 Å². The number of halogens is 4. The lowest BCUT2D eigenvalue weighted by molar-refractivity contribution is 0.292. The third-order valence-electron chi connectivity index (χ3n) is 3.72. The summed E-state index contributed by atoms with van der Waals surface area (Å²) in [6.07, 6.45) is 2.29. The van der Waals surface area contributed by atoms with E-state index in [-0.39, 0.29) is 15.9 Å². The molecule has 0 aliphatic rings. The molecule has 0 saturated carbocycles. The van der Waals surface area contributed by atoms with Crippen LogP contribution in [0.5, 0.6) is 5.75 Å². The van der Waals surface area contributed by atoms with Crippen LogP contribution in [0, 0.1) is 25.5 Å². The van der Waals surface area contributed by atoms with Crippen molar-refractivity contribution in [1.29, 1.82) is 0 Å². The average Bonchev–Trinajstić information content (AvgIpc) is 2.62. The third kappa shape index (κ3) is 3.94. The van der Waals surface area contributed by atoms with Crippen LogP contribution in [0.25, 0.3) is 5.69 Å². The van der Waals surface area contributed by atoms with E-state index in [4.69, 9.17) is 29.3 Å². The van der Waals surface area contributed by atoms with Crippen LogP contribution < -0.4 is 10.3 Å². The SMILES string of the molecule is [2H]C(Oc1cc(C)n(-c2cc(Cl)ncc2C)c(=O)c1Cl)c1ncc(F)cc1F. The number of hydrogen-bond acceptors (Lipinski definition) is 4. The summed E-state index contributed by atoms with van der Waals surface area (Å²) in [5.41, 5.74) is 0.576. The first-order valence-electron chi connectivity index (χ1n) is 8.21. The smallest absolute Gasteiger partial charge is 0.277 e. The Morgan fingerprint density at radius 1 is 1.19 bits per heavy atom. The van der Waals surface area contributed by atoms with E-state index in [1.165, 1.54) is 22.9 Å². The molecule has 0 aliphatic heterocycles. The molecule has 1 unspecified atom stereocenters. The molecule has 0 aromatic carbocycles. The van der Waals surface area contributed by atoms with Gasteiger partial charge in [0.05, 0.1) is 13.3 Å². The standard InChI is InChI=1S/C18H13Cl2F2N3O2/c1-9-6-24-16(19)5-14(9)25-10(2)3-15(17(20)18(25)26)27-8-13-12(22)4-11(21)7-23-13/h3-7H,8H2,1-2H3/i8D. The molecule has 0 aliphatic carbocycles. The Bertz CT molecular complexity index is 1120. The summed E-state index contributed by atoms with van der Waals surface area (Å²) in [6, 6.07) is 3.54. The largest absolute Gasteiger partial charge is 0.485 e. The lowest BCUT2D eigenvalue weighted by Gasteiger charge is -2.16. The van der Waals surface area contributed by atoms with Gasteiger partial charge in [0, 0.05) is 24.0 Å². The molecule has 0 bridgehead atoms. The molecule has 3 heterocycles. The Morgan fingerprint density at radius 2 is 1.93 bits per heavy atom. The van der Waals surface area contributed by atoms with E-state index >= 15 is 0 Å². The number of nitrogens with zero attached hydrogens (tertiary/aromatic N) is 3. The van der Waals surface area contributed by atoms with Crippen molar-refractivity contribution >= 4 is 23.2 Å². The highest BCUT2D eigenvalue weighted by Crippen LogP contribution is 2.26. The summed E-state index contributed by atoms with van der Waals surface area (Å²) >= 11 is 12.1. The molecule has 0 fully saturated rings. The molecule has 1 atom stereocenters. The minimum atomic E-state index is -1.65. The Labute approximate surface area is 164 Å².